The number of carbonyl (C=O) groups excluding carboxylic acids is 3. The highest BCUT2D eigenvalue weighted by molar-refractivity contribution is 6.00. The molecular weight excluding hydrogens is 470 g/mol. The van der Waals surface area contributed by atoms with Gasteiger partial charge in [-0.15, -0.1) is 0 Å². The van der Waals surface area contributed by atoms with Crippen molar-refractivity contribution in [3.05, 3.63) is 78.4 Å². The summed E-state index contributed by atoms with van der Waals surface area (Å²) in [6, 6.07) is 20.8. The van der Waals surface area contributed by atoms with Crippen LogP contribution in [0.15, 0.2) is 72.8 Å². The van der Waals surface area contributed by atoms with Crippen molar-refractivity contribution in [1.82, 2.24) is 10.2 Å². The van der Waals surface area contributed by atoms with Crippen molar-refractivity contribution >= 4 is 34.4 Å². The summed E-state index contributed by atoms with van der Waals surface area (Å²) in [5.74, 6) is -0.846. The fraction of sp³-hybridized carbons (Fsp3) is 0.345. The molecular formula is C29H33N3O5. The Morgan fingerprint density at radius 1 is 1.00 bits per heavy atom. The van der Waals surface area contributed by atoms with Gasteiger partial charge < -0.3 is 25.4 Å². The topological polar surface area (TPSA) is 108 Å². The predicted molar refractivity (Wildman–Crippen MR) is 142 cm³/mol. The number of nitrogens with zero attached hydrogens (tertiary/aromatic N) is 1. The van der Waals surface area contributed by atoms with Crippen LogP contribution >= 0.6 is 0 Å². The number of rotatable bonds is 6. The molecule has 0 spiro atoms. The number of aliphatic hydroxyl groups is 1. The van der Waals surface area contributed by atoms with Crippen molar-refractivity contribution in [3.63, 3.8) is 0 Å². The van der Waals surface area contributed by atoms with Crippen molar-refractivity contribution < 1.29 is 24.2 Å². The van der Waals surface area contributed by atoms with Crippen LogP contribution in [0, 0.1) is 0 Å². The van der Waals surface area contributed by atoms with Gasteiger partial charge in [-0.05, 0) is 49.2 Å². The molecule has 0 radical (unpaired) electrons. The first kappa shape index (κ1) is 26.2. The Balaban J connectivity index is 1.53. The third-order valence-electron chi connectivity index (χ3n) is 6.15. The van der Waals surface area contributed by atoms with Gasteiger partial charge in [-0.3, -0.25) is 9.59 Å². The largest absolute Gasteiger partial charge is 0.444 e. The number of aliphatic hydroxyl groups excluding tert-OH is 1. The number of hydrogen-bond acceptors (Lipinski definition) is 5. The summed E-state index contributed by atoms with van der Waals surface area (Å²) >= 11 is 0. The van der Waals surface area contributed by atoms with E-state index in [2.05, 4.69) is 10.6 Å². The van der Waals surface area contributed by atoms with Crippen molar-refractivity contribution in [1.29, 1.82) is 0 Å². The number of carbonyl (C=O) groups is 3. The van der Waals surface area contributed by atoms with E-state index in [-0.39, 0.29) is 19.4 Å². The summed E-state index contributed by atoms with van der Waals surface area (Å²) in [6.45, 7) is 5.22. The van der Waals surface area contributed by atoms with Crippen LogP contribution in [0.2, 0.25) is 0 Å². The Hall–Kier alpha value is -3.91. The average Bonchev–Trinajstić information content (AvgIpc) is 3.24. The van der Waals surface area contributed by atoms with Gasteiger partial charge >= 0.3 is 6.09 Å². The maximum Gasteiger partial charge on any atom is 0.408 e. The average molecular weight is 504 g/mol. The Morgan fingerprint density at radius 2 is 1.68 bits per heavy atom. The lowest BCUT2D eigenvalue weighted by Gasteiger charge is -2.29. The molecule has 1 aliphatic heterocycles. The lowest BCUT2D eigenvalue weighted by Crippen LogP contribution is -2.54. The minimum Gasteiger partial charge on any atom is -0.444 e. The lowest BCUT2D eigenvalue weighted by atomic mass is 10.0. The van der Waals surface area contributed by atoms with Gasteiger partial charge in [0.1, 0.15) is 17.7 Å². The molecule has 3 aromatic carbocycles. The summed E-state index contributed by atoms with van der Waals surface area (Å²) in [5.41, 5.74) is 0.704. The summed E-state index contributed by atoms with van der Waals surface area (Å²) in [4.78, 5) is 40.9. The minimum atomic E-state index is -0.974. The fourth-order valence-electron chi connectivity index (χ4n) is 4.50. The van der Waals surface area contributed by atoms with E-state index in [9.17, 15) is 19.5 Å². The molecule has 3 atom stereocenters. The molecule has 1 aliphatic rings. The van der Waals surface area contributed by atoms with E-state index in [1.54, 1.807) is 26.8 Å². The van der Waals surface area contributed by atoms with E-state index in [1.165, 1.54) is 4.90 Å². The van der Waals surface area contributed by atoms with Gasteiger partial charge in [0.15, 0.2) is 0 Å². The number of likely N-dealkylation sites (tertiary alicyclic amines) is 1. The van der Waals surface area contributed by atoms with Gasteiger partial charge in [-0.1, -0.05) is 60.7 Å². The molecule has 0 aromatic heterocycles. The summed E-state index contributed by atoms with van der Waals surface area (Å²) < 4.78 is 5.38. The van der Waals surface area contributed by atoms with E-state index in [4.69, 9.17) is 4.74 Å². The molecule has 194 valence electrons. The SMILES string of the molecule is CC(C)(C)OC(=O)N[C@@H](Cc1ccccc1)C(=O)N1C[C@@H](O)C[C@H]1C(=O)Nc1ccc2ccccc2c1. The summed E-state index contributed by atoms with van der Waals surface area (Å²) in [5, 5.41) is 18.0. The normalized spacial score (nSPS) is 18.3. The van der Waals surface area contributed by atoms with Crippen LogP contribution in [0.4, 0.5) is 10.5 Å². The Bertz CT molecular complexity index is 1270. The van der Waals surface area contributed by atoms with E-state index < -0.39 is 41.7 Å². The van der Waals surface area contributed by atoms with Crippen LogP contribution in [0.5, 0.6) is 0 Å². The van der Waals surface area contributed by atoms with E-state index >= 15 is 0 Å². The molecule has 4 rings (SSSR count). The predicted octanol–water partition coefficient (Wildman–Crippen LogP) is 3.88. The molecule has 3 N–H and O–H groups in total. The zero-order chi connectivity index (χ0) is 26.6. The number of β-amino-alcohol motifs (C(OH)–C–C–N with tert-alkyl or cyclic N) is 1. The van der Waals surface area contributed by atoms with Crippen LogP contribution in [0.1, 0.15) is 32.8 Å². The molecule has 0 unspecified atom stereocenters. The van der Waals surface area contributed by atoms with Crippen LogP contribution in [0.3, 0.4) is 0 Å². The van der Waals surface area contributed by atoms with Gasteiger partial charge in [-0.2, -0.15) is 0 Å². The second kappa shape index (κ2) is 11.0. The monoisotopic (exact) mass is 503 g/mol. The molecule has 0 aliphatic carbocycles. The Morgan fingerprint density at radius 3 is 2.38 bits per heavy atom. The zero-order valence-corrected chi connectivity index (χ0v) is 21.3. The Labute approximate surface area is 216 Å². The number of amides is 3. The highest BCUT2D eigenvalue weighted by Crippen LogP contribution is 2.24. The number of hydrogen-bond donors (Lipinski definition) is 3. The maximum absolute atomic E-state index is 13.7. The lowest BCUT2D eigenvalue weighted by molar-refractivity contribution is -0.138. The molecule has 1 heterocycles. The van der Waals surface area contributed by atoms with Crippen LogP contribution < -0.4 is 10.6 Å². The number of nitrogens with one attached hydrogen (secondary N) is 2. The number of ether oxygens (including phenoxy) is 1. The van der Waals surface area contributed by atoms with Gasteiger partial charge in [0.2, 0.25) is 11.8 Å². The third kappa shape index (κ3) is 6.86. The standard InChI is InChI=1S/C29H33N3O5/c1-29(2,3)37-28(36)31-24(15-19-9-5-4-6-10-19)27(35)32-18-23(33)17-25(32)26(34)30-22-14-13-20-11-7-8-12-21(20)16-22/h4-14,16,23-25,33H,15,17-18H2,1-3H3,(H,30,34)(H,31,36)/t23-,24-,25-/m0/s1. The summed E-state index contributed by atoms with van der Waals surface area (Å²) in [6.07, 6.45) is -1.26. The number of alkyl carbamates (subject to hydrolysis) is 1. The highest BCUT2D eigenvalue weighted by Gasteiger charge is 2.41. The van der Waals surface area contributed by atoms with Gasteiger partial charge in [-0.25, -0.2) is 4.79 Å². The first-order chi connectivity index (χ1) is 17.6. The van der Waals surface area contributed by atoms with Crippen molar-refractivity contribution in [2.75, 3.05) is 11.9 Å². The fourth-order valence-corrected chi connectivity index (χ4v) is 4.50. The second-order valence-electron chi connectivity index (χ2n) is 10.3. The van der Waals surface area contributed by atoms with Crippen molar-refractivity contribution in [2.24, 2.45) is 0 Å². The molecule has 8 heteroatoms. The van der Waals surface area contributed by atoms with E-state index in [1.807, 2.05) is 66.7 Å². The van der Waals surface area contributed by atoms with Crippen LogP contribution in [-0.4, -0.2) is 58.2 Å². The molecule has 0 saturated carbocycles. The van der Waals surface area contributed by atoms with E-state index in [0.717, 1.165) is 16.3 Å². The number of anilines is 1. The van der Waals surface area contributed by atoms with Crippen molar-refractivity contribution in [3.8, 4) is 0 Å². The van der Waals surface area contributed by atoms with Crippen molar-refractivity contribution in [2.45, 2.75) is 57.4 Å². The van der Waals surface area contributed by atoms with E-state index in [0.29, 0.717) is 5.69 Å². The third-order valence-corrected chi connectivity index (χ3v) is 6.15. The quantitative estimate of drug-likeness (QED) is 0.473. The highest BCUT2D eigenvalue weighted by atomic mass is 16.6. The van der Waals surface area contributed by atoms with Gasteiger partial charge in [0, 0.05) is 25.1 Å². The molecule has 3 aromatic rings. The molecule has 0 bridgehead atoms. The summed E-state index contributed by atoms with van der Waals surface area (Å²) in [7, 11) is 0. The molecule has 1 fully saturated rings. The number of fused-ring (bicyclic) bond motifs is 1. The Kier molecular flexibility index (Phi) is 7.78. The van der Waals surface area contributed by atoms with Gasteiger partial charge in [0.05, 0.1) is 6.10 Å². The minimum absolute atomic E-state index is 0.00404. The molecule has 37 heavy (non-hydrogen) atoms. The zero-order valence-electron chi connectivity index (χ0n) is 21.3. The smallest absolute Gasteiger partial charge is 0.408 e. The first-order valence-corrected chi connectivity index (χ1v) is 12.4. The van der Waals surface area contributed by atoms with Gasteiger partial charge in [0.25, 0.3) is 0 Å². The second-order valence-corrected chi connectivity index (χ2v) is 10.3. The first-order valence-electron chi connectivity index (χ1n) is 12.4. The van der Waals surface area contributed by atoms with Crippen LogP contribution in [0.25, 0.3) is 10.8 Å². The molecule has 3 amide bonds. The molecule has 1 saturated heterocycles. The number of benzene rings is 3. The molecule has 8 nitrogen and oxygen atoms in total. The van der Waals surface area contributed by atoms with Crippen LogP contribution in [-0.2, 0) is 20.7 Å². The maximum atomic E-state index is 13.7.